The second-order valence-electron chi connectivity index (χ2n) is 7.00. The van der Waals surface area contributed by atoms with Gasteiger partial charge in [0.2, 0.25) is 0 Å². The molecule has 1 aliphatic rings. The highest BCUT2D eigenvalue weighted by atomic mass is 79.9. The highest BCUT2D eigenvalue weighted by molar-refractivity contribution is 5.83. The maximum atomic E-state index is 13.2. The number of hydrogen-bond donors (Lipinski definition) is 1. The van der Waals surface area contributed by atoms with E-state index in [0.717, 1.165) is 49.0 Å². The normalized spacial score (nSPS) is 17.3. The number of hydrogen-bond acceptors (Lipinski definition) is 2. The maximum absolute atomic E-state index is 13.2. The summed E-state index contributed by atoms with van der Waals surface area (Å²) in [6.07, 6.45) is 3.62. The number of fused-ring (bicyclic) bond motifs is 1. The van der Waals surface area contributed by atoms with Crippen molar-refractivity contribution in [2.24, 2.45) is 0 Å². The van der Waals surface area contributed by atoms with E-state index in [-0.39, 0.29) is 34.4 Å². The van der Waals surface area contributed by atoms with Gasteiger partial charge in [-0.2, -0.15) is 5.10 Å². The number of nitrogens with two attached hydrogens (primary N) is 1. The molecule has 1 unspecified atom stereocenters. The molecular formula is C21H23BrFN3O. The molecule has 4 rings (SSSR count). The van der Waals surface area contributed by atoms with Crippen molar-refractivity contribution in [1.82, 2.24) is 9.78 Å². The van der Waals surface area contributed by atoms with E-state index in [1.54, 1.807) is 16.8 Å². The van der Waals surface area contributed by atoms with Gasteiger partial charge in [-0.3, -0.25) is 4.79 Å². The van der Waals surface area contributed by atoms with Crippen LogP contribution in [0.15, 0.2) is 53.3 Å². The summed E-state index contributed by atoms with van der Waals surface area (Å²) in [5.41, 5.74) is 1.86. The molecule has 0 saturated carbocycles. The van der Waals surface area contributed by atoms with Gasteiger partial charge in [0, 0.05) is 18.2 Å². The number of nitrogens with zero attached hydrogens (tertiary/aromatic N) is 2. The summed E-state index contributed by atoms with van der Waals surface area (Å²) in [6.45, 7) is 2.14. The van der Waals surface area contributed by atoms with Gasteiger partial charge in [-0.05, 0) is 36.6 Å². The minimum Gasteiger partial charge on any atom is -1.00 e. The van der Waals surface area contributed by atoms with Crippen LogP contribution in [0.2, 0.25) is 0 Å². The summed E-state index contributed by atoms with van der Waals surface area (Å²) < 4.78 is 14.9. The van der Waals surface area contributed by atoms with Crippen molar-refractivity contribution < 1.29 is 26.7 Å². The molecule has 1 saturated heterocycles. The Hall–Kier alpha value is -2.05. The fourth-order valence-electron chi connectivity index (χ4n) is 3.79. The van der Waals surface area contributed by atoms with Crippen molar-refractivity contribution in [3.8, 4) is 0 Å². The van der Waals surface area contributed by atoms with Gasteiger partial charge in [0.05, 0.1) is 30.2 Å². The summed E-state index contributed by atoms with van der Waals surface area (Å²) in [5, 5.41) is 8.69. The zero-order chi connectivity index (χ0) is 17.9. The highest BCUT2D eigenvalue weighted by Gasteiger charge is 2.20. The molecule has 0 spiro atoms. The lowest BCUT2D eigenvalue weighted by atomic mass is 10.0. The molecule has 0 bridgehead atoms. The Morgan fingerprint density at radius 3 is 2.56 bits per heavy atom. The SMILES string of the molecule is O=c1c2ccccc2c(Cc2ccc(F)cc2)nn1C1CCC[NH2+]CC1.[Br-]. The Balaban J connectivity index is 0.00000210. The van der Waals surface area contributed by atoms with Crippen LogP contribution in [0.3, 0.4) is 0 Å². The molecule has 3 aromatic rings. The van der Waals surface area contributed by atoms with Crippen molar-refractivity contribution in [2.75, 3.05) is 13.1 Å². The van der Waals surface area contributed by atoms with Crippen LogP contribution in [-0.2, 0) is 6.42 Å². The van der Waals surface area contributed by atoms with Crippen molar-refractivity contribution in [3.63, 3.8) is 0 Å². The number of benzene rings is 2. The van der Waals surface area contributed by atoms with Crippen molar-refractivity contribution in [3.05, 3.63) is 76.0 Å². The Labute approximate surface area is 168 Å². The first kappa shape index (κ1) is 19.7. The van der Waals surface area contributed by atoms with E-state index in [9.17, 15) is 9.18 Å². The number of aromatic nitrogens is 2. The van der Waals surface area contributed by atoms with Gasteiger partial charge in [0.1, 0.15) is 5.82 Å². The fraction of sp³-hybridized carbons (Fsp3) is 0.333. The van der Waals surface area contributed by atoms with Gasteiger partial charge < -0.3 is 22.3 Å². The molecule has 1 fully saturated rings. The summed E-state index contributed by atoms with van der Waals surface area (Å²) in [4.78, 5) is 13.0. The van der Waals surface area contributed by atoms with Gasteiger partial charge in [-0.25, -0.2) is 9.07 Å². The predicted molar refractivity (Wildman–Crippen MR) is 99.8 cm³/mol. The third-order valence-electron chi connectivity index (χ3n) is 5.19. The maximum Gasteiger partial charge on any atom is 0.274 e. The molecule has 27 heavy (non-hydrogen) atoms. The summed E-state index contributed by atoms with van der Waals surface area (Å²) in [5.74, 6) is -0.244. The minimum atomic E-state index is -0.244. The quantitative estimate of drug-likeness (QED) is 0.603. The Kier molecular flexibility index (Phi) is 6.39. The predicted octanol–water partition coefficient (Wildman–Crippen LogP) is -0.581. The lowest BCUT2D eigenvalue weighted by Gasteiger charge is -2.18. The third kappa shape index (κ3) is 4.28. The standard InChI is InChI=1S/C21H22FN3O.BrH/c22-16-9-7-15(8-10-16)14-20-18-5-1-2-6-19(18)21(26)25(24-20)17-4-3-12-23-13-11-17;/h1-2,5-10,17,23H,3-4,11-14H2;1H. The molecule has 0 amide bonds. The van der Waals surface area contributed by atoms with Gasteiger partial charge in [-0.1, -0.05) is 30.3 Å². The molecule has 1 aliphatic heterocycles. The third-order valence-corrected chi connectivity index (χ3v) is 5.19. The topological polar surface area (TPSA) is 51.5 Å². The molecule has 4 nitrogen and oxygen atoms in total. The average molecular weight is 432 g/mol. The Morgan fingerprint density at radius 1 is 1.04 bits per heavy atom. The molecule has 0 radical (unpaired) electrons. The molecule has 2 heterocycles. The van der Waals surface area contributed by atoms with Crippen molar-refractivity contribution >= 4 is 10.8 Å². The van der Waals surface area contributed by atoms with Gasteiger partial charge in [0.25, 0.3) is 5.56 Å². The molecule has 1 atom stereocenters. The van der Waals surface area contributed by atoms with Crippen molar-refractivity contribution in [1.29, 1.82) is 0 Å². The smallest absolute Gasteiger partial charge is 0.274 e. The molecule has 2 aromatic carbocycles. The van der Waals surface area contributed by atoms with E-state index in [1.807, 2.05) is 24.3 Å². The average Bonchev–Trinajstić information content (AvgIpc) is 2.95. The molecule has 1 aromatic heterocycles. The fourth-order valence-corrected chi connectivity index (χ4v) is 3.79. The number of halogens is 2. The first-order chi connectivity index (χ1) is 12.7. The monoisotopic (exact) mass is 431 g/mol. The lowest BCUT2D eigenvalue weighted by Crippen LogP contribution is -3.00. The summed E-state index contributed by atoms with van der Waals surface area (Å²) >= 11 is 0. The van der Waals surface area contributed by atoms with Crippen molar-refractivity contribution in [2.45, 2.75) is 31.7 Å². The minimum absolute atomic E-state index is 0. The van der Waals surface area contributed by atoms with Crippen LogP contribution in [0.5, 0.6) is 0 Å². The first-order valence-electron chi connectivity index (χ1n) is 9.29. The number of rotatable bonds is 3. The van der Waals surface area contributed by atoms with Crippen LogP contribution in [0.4, 0.5) is 4.39 Å². The highest BCUT2D eigenvalue weighted by Crippen LogP contribution is 2.21. The number of quaternary nitrogens is 1. The molecule has 142 valence electrons. The molecular weight excluding hydrogens is 409 g/mol. The second kappa shape index (κ2) is 8.76. The molecule has 2 N–H and O–H groups in total. The van der Waals surface area contributed by atoms with Crippen LogP contribution in [0.25, 0.3) is 10.8 Å². The first-order valence-corrected chi connectivity index (χ1v) is 9.29. The van der Waals surface area contributed by atoms with E-state index in [4.69, 9.17) is 5.10 Å². The van der Waals surface area contributed by atoms with E-state index in [1.165, 1.54) is 12.1 Å². The van der Waals surface area contributed by atoms with E-state index in [0.29, 0.717) is 11.8 Å². The second-order valence-corrected chi connectivity index (χ2v) is 7.00. The van der Waals surface area contributed by atoms with Crippen LogP contribution < -0.4 is 27.9 Å². The zero-order valence-corrected chi connectivity index (χ0v) is 16.7. The Morgan fingerprint density at radius 2 is 1.78 bits per heavy atom. The largest absolute Gasteiger partial charge is 1.00 e. The van der Waals surface area contributed by atoms with Gasteiger partial charge in [0.15, 0.2) is 0 Å². The summed E-state index contributed by atoms with van der Waals surface area (Å²) in [6, 6.07) is 14.3. The van der Waals surface area contributed by atoms with Crippen LogP contribution in [-0.4, -0.2) is 22.9 Å². The lowest BCUT2D eigenvalue weighted by molar-refractivity contribution is -0.653. The molecule has 6 heteroatoms. The van der Waals surface area contributed by atoms with Gasteiger partial charge >= 0.3 is 0 Å². The van der Waals surface area contributed by atoms with Gasteiger partial charge in [-0.15, -0.1) is 0 Å². The molecule has 0 aliphatic carbocycles. The van der Waals surface area contributed by atoms with E-state index in [2.05, 4.69) is 5.32 Å². The Bertz CT molecular complexity index is 963. The van der Waals surface area contributed by atoms with E-state index < -0.39 is 0 Å². The van der Waals surface area contributed by atoms with Crippen LogP contribution >= 0.6 is 0 Å². The van der Waals surface area contributed by atoms with Crippen LogP contribution in [0.1, 0.15) is 36.6 Å². The zero-order valence-electron chi connectivity index (χ0n) is 15.1. The van der Waals surface area contributed by atoms with Crippen LogP contribution in [0, 0.1) is 5.82 Å². The van der Waals surface area contributed by atoms with E-state index >= 15 is 0 Å². The summed E-state index contributed by atoms with van der Waals surface area (Å²) in [7, 11) is 0.